The summed E-state index contributed by atoms with van der Waals surface area (Å²) in [6, 6.07) is 4.79. The van der Waals surface area contributed by atoms with Crippen LogP contribution in [0, 0.1) is 11.8 Å². The van der Waals surface area contributed by atoms with Gasteiger partial charge in [0.15, 0.2) is 0 Å². The van der Waals surface area contributed by atoms with Crippen molar-refractivity contribution in [3.05, 3.63) is 29.8 Å². The lowest BCUT2D eigenvalue weighted by Gasteiger charge is -2.37. The number of aliphatic hydroxyl groups is 1. The van der Waals surface area contributed by atoms with E-state index in [0.29, 0.717) is 12.3 Å². The lowest BCUT2D eigenvalue weighted by atomic mass is 9.93. The highest BCUT2D eigenvalue weighted by Crippen LogP contribution is 2.37. The fraction of sp³-hybridized carbons (Fsp3) is 0.640. The lowest BCUT2D eigenvalue weighted by Crippen LogP contribution is -2.50. The molecule has 1 aliphatic heterocycles. The molecule has 1 saturated carbocycles. The van der Waals surface area contributed by atoms with Gasteiger partial charge in [0.25, 0.3) is 0 Å². The predicted octanol–water partition coefficient (Wildman–Crippen LogP) is 3.28. The standard InChI is InChI=1S/C25H36N2O5S/c1-17-14-27(18(2)16-28)33(30,31)24-12-11-21(19-7-5-4-6-8-19)13-22(24)32-23(17)15-26(3)25(29)20-9-10-20/h7,11-13,17-18,20,23,28H,4-6,8-10,14-16H2,1-3H3/t17-,18+,23-/m1/s1. The van der Waals surface area contributed by atoms with E-state index in [9.17, 15) is 18.3 Å². The zero-order valence-corrected chi connectivity index (χ0v) is 20.7. The number of likely N-dealkylation sites (N-methyl/N-ethyl adjacent to an activating group) is 1. The molecule has 0 bridgehead atoms. The number of nitrogens with zero attached hydrogens (tertiary/aromatic N) is 2. The molecule has 3 aliphatic rings. The lowest BCUT2D eigenvalue weighted by molar-refractivity contribution is -0.132. The first-order valence-electron chi connectivity index (χ1n) is 12.1. The van der Waals surface area contributed by atoms with E-state index in [1.807, 2.05) is 19.1 Å². The zero-order valence-electron chi connectivity index (χ0n) is 19.9. The number of hydrogen-bond donors (Lipinski definition) is 1. The monoisotopic (exact) mass is 476 g/mol. The molecule has 182 valence electrons. The number of amides is 1. The highest BCUT2D eigenvalue weighted by molar-refractivity contribution is 7.89. The molecule has 1 amide bonds. The summed E-state index contributed by atoms with van der Waals surface area (Å²) in [5, 5.41) is 9.78. The highest BCUT2D eigenvalue weighted by atomic mass is 32.2. The van der Waals surface area contributed by atoms with Gasteiger partial charge in [-0.1, -0.05) is 19.1 Å². The summed E-state index contributed by atoms with van der Waals surface area (Å²) in [5.41, 5.74) is 2.21. The number of rotatable bonds is 6. The first-order valence-corrected chi connectivity index (χ1v) is 13.5. The van der Waals surface area contributed by atoms with Crippen LogP contribution >= 0.6 is 0 Å². The SMILES string of the molecule is C[C@@H]1CN([C@@H](C)CO)S(=O)(=O)c2ccc(C3=CCCCC3)cc2O[C@@H]1CN(C)C(=O)C1CC1. The van der Waals surface area contributed by atoms with E-state index in [4.69, 9.17) is 4.74 Å². The fourth-order valence-corrected chi connectivity index (χ4v) is 6.57. The summed E-state index contributed by atoms with van der Waals surface area (Å²) < 4.78 is 35.0. The van der Waals surface area contributed by atoms with Crippen molar-refractivity contribution in [2.24, 2.45) is 11.8 Å². The van der Waals surface area contributed by atoms with Gasteiger partial charge in [-0.25, -0.2) is 8.42 Å². The van der Waals surface area contributed by atoms with Gasteiger partial charge in [0, 0.05) is 31.5 Å². The molecule has 0 unspecified atom stereocenters. The van der Waals surface area contributed by atoms with Crippen molar-refractivity contribution in [2.75, 3.05) is 26.7 Å². The molecule has 1 fully saturated rings. The van der Waals surface area contributed by atoms with E-state index in [1.165, 1.54) is 16.3 Å². The number of ether oxygens (including phenoxy) is 1. The molecule has 4 rings (SSSR count). The van der Waals surface area contributed by atoms with Gasteiger partial charge in [-0.2, -0.15) is 4.31 Å². The second-order valence-corrected chi connectivity index (χ2v) is 11.7. The number of fused-ring (bicyclic) bond motifs is 1. The van der Waals surface area contributed by atoms with Crippen LogP contribution in [-0.4, -0.2) is 67.5 Å². The van der Waals surface area contributed by atoms with Crippen molar-refractivity contribution >= 4 is 21.5 Å². The number of aliphatic hydroxyl groups excluding tert-OH is 1. The Morgan fingerprint density at radius 1 is 1.30 bits per heavy atom. The number of allylic oxidation sites excluding steroid dienone is 2. The second kappa shape index (κ2) is 9.76. The third kappa shape index (κ3) is 5.12. The van der Waals surface area contributed by atoms with Gasteiger partial charge in [-0.15, -0.1) is 0 Å². The van der Waals surface area contributed by atoms with Crippen molar-refractivity contribution < 1.29 is 23.1 Å². The molecule has 1 aromatic rings. The molecule has 2 aliphatic carbocycles. The van der Waals surface area contributed by atoms with Crippen molar-refractivity contribution in [1.29, 1.82) is 0 Å². The van der Waals surface area contributed by atoms with E-state index >= 15 is 0 Å². The predicted molar refractivity (Wildman–Crippen MR) is 127 cm³/mol. The first kappa shape index (κ1) is 24.2. The minimum atomic E-state index is -3.86. The summed E-state index contributed by atoms with van der Waals surface area (Å²) in [6.07, 6.45) is 8.03. The van der Waals surface area contributed by atoms with Gasteiger partial charge >= 0.3 is 0 Å². The van der Waals surface area contributed by atoms with Crippen LogP contribution in [0.5, 0.6) is 5.75 Å². The Morgan fingerprint density at radius 3 is 2.70 bits per heavy atom. The van der Waals surface area contributed by atoms with Gasteiger partial charge in [0.05, 0.1) is 13.2 Å². The van der Waals surface area contributed by atoms with Crippen LogP contribution in [0.4, 0.5) is 0 Å². The van der Waals surface area contributed by atoms with E-state index in [2.05, 4.69) is 6.08 Å². The summed E-state index contributed by atoms with van der Waals surface area (Å²) in [5.74, 6) is 0.400. The molecular formula is C25H36N2O5S. The molecular weight excluding hydrogens is 440 g/mol. The summed E-state index contributed by atoms with van der Waals surface area (Å²) in [4.78, 5) is 14.4. The molecule has 1 N–H and O–H groups in total. The Bertz CT molecular complexity index is 1020. The van der Waals surface area contributed by atoms with E-state index in [0.717, 1.165) is 37.7 Å². The number of carbonyl (C=O) groups is 1. The van der Waals surface area contributed by atoms with Crippen LogP contribution in [0.15, 0.2) is 29.2 Å². The second-order valence-electron chi connectivity index (χ2n) is 9.87. The first-order chi connectivity index (χ1) is 15.7. The number of hydrogen-bond acceptors (Lipinski definition) is 5. The van der Waals surface area contributed by atoms with Crippen molar-refractivity contribution in [3.8, 4) is 5.75 Å². The third-order valence-electron chi connectivity index (χ3n) is 7.09. The Kier molecular flexibility index (Phi) is 7.17. The average Bonchev–Trinajstić information content (AvgIpc) is 3.66. The van der Waals surface area contributed by atoms with Crippen LogP contribution < -0.4 is 4.74 Å². The fourth-order valence-electron chi connectivity index (χ4n) is 4.75. The summed E-state index contributed by atoms with van der Waals surface area (Å²) in [6.45, 7) is 4.01. The Hall–Kier alpha value is -1.90. The smallest absolute Gasteiger partial charge is 0.247 e. The Labute approximate surface area is 197 Å². The minimum Gasteiger partial charge on any atom is -0.487 e. The molecule has 0 radical (unpaired) electrons. The molecule has 0 saturated heterocycles. The molecule has 8 heteroatoms. The number of benzene rings is 1. The molecule has 0 aromatic heterocycles. The quantitative estimate of drug-likeness (QED) is 0.681. The topological polar surface area (TPSA) is 87.2 Å². The number of carbonyl (C=O) groups excluding carboxylic acids is 1. The molecule has 0 spiro atoms. The normalized spacial score (nSPS) is 26.2. The summed E-state index contributed by atoms with van der Waals surface area (Å²) in [7, 11) is -2.06. The highest BCUT2D eigenvalue weighted by Gasteiger charge is 2.39. The van der Waals surface area contributed by atoms with Crippen molar-refractivity contribution in [2.45, 2.75) is 69.4 Å². The van der Waals surface area contributed by atoms with Gasteiger partial charge in [0.1, 0.15) is 16.7 Å². The maximum Gasteiger partial charge on any atom is 0.247 e. The maximum atomic E-state index is 13.6. The van der Waals surface area contributed by atoms with E-state index in [1.54, 1.807) is 24.9 Å². The largest absolute Gasteiger partial charge is 0.487 e. The van der Waals surface area contributed by atoms with Crippen molar-refractivity contribution in [1.82, 2.24) is 9.21 Å². The third-order valence-corrected chi connectivity index (χ3v) is 9.11. The van der Waals surface area contributed by atoms with Crippen molar-refractivity contribution in [3.63, 3.8) is 0 Å². The van der Waals surface area contributed by atoms with Crippen LogP contribution in [0.3, 0.4) is 0 Å². The van der Waals surface area contributed by atoms with Gasteiger partial charge in [-0.3, -0.25) is 4.79 Å². The van der Waals surface area contributed by atoms with Gasteiger partial charge < -0.3 is 14.7 Å². The molecule has 1 aromatic carbocycles. The van der Waals surface area contributed by atoms with E-state index in [-0.39, 0.29) is 41.9 Å². The van der Waals surface area contributed by atoms with Crippen LogP contribution in [0.2, 0.25) is 0 Å². The average molecular weight is 477 g/mol. The molecule has 7 nitrogen and oxygen atoms in total. The van der Waals surface area contributed by atoms with Crippen LogP contribution in [0.1, 0.15) is 57.9 Å². The molecule has 1 heterocycles. The zero-order chi connectivity index (χ0) is 23.8. The maximum absolute atomic E-state index is 13.6. The van der Waals surface area contributed by atoms with Gasteiger partial charge in [-0.05, 0) is 68.7 Å². The summed E-state index contributed by atoms with van der Waals surface area (Å²) >= 11 is 0. The van der Waals surface area contributed by atoms with Gasteiger partial charge in [0.2, 0.25) is 15.9 Å². The Morgan fingerprint density at radius 2 is 2.06 bits per heavy atom. The van der Waals surface area contributed by atoms with Crippen LogP contribution in [0.25, 0.3) is 5.57 Å². The number of sulfonamides is 1. The molecule has 33 heavy (non-hydrogen) atoms. The van der Waals surface area contributed by atoms with Crippen LogP contribution in [-0.2, 0) is 14.8 Å². The Balaban J connectivity index is 1.73. The minimum absolute atomic E-state index is 0.113. The molecule has 3 atom stereocenters. The van der Waals surface area contributed by atoms with E-state index < -0.39 is 16.1 Å².